The van der Waals surface area contributed by atoms with Crippen molar-refractivity contribution in [3.63, 3.8) is 0 Å². The van der Waals surface area contributed by atoms with Crippen LogP contribution in [-0.2, 0) is 11.3 Å². The van der Waals surface area contributed by atoms with Crippen LogP contribution in [0.5, 0.6) is 0 Å². The van der Waals surface area contributed by atoms with Crippen molar-refractivity contribution in [3.8, 4) is 0 Å². The Labute approximate surface area is 78.9 Å². The molecule has 1 aromatic rings. The molecule has 0 unspecified atom stereocenters. The van der Waals surface area contributed by atoms with Gasteiger partial charge in [0.1, 0.15) is 0 Å². The lowest BCUT2D eigenvalue weighted by Gasteiger charge is -2.11. The smallest absolute Gasteiger partial charge is 0.0904 e. The van der Waals surface area contributed by atoms with E-state index in [1.165, 1.54) is 0 Å². The van der Waals surface area contributed by atoms with Gasteiger partial charge in [0.15, 0.2) is 0 Å². The average molecular weight is 183 g/mol. The fourth-order valence-electron chi connectivity index (χ4n) is 1.06. The Morgan fingerprint density at radius 2 is 2.08 bits per heavy atom. The first kappa shape index (κ1) is 10.2. The van der Waals surface area contributed by atoms with Crippen molar-refractivity contribution >= 4 is 0 Å². The van der Waals surface area contributed by atoms with Gasteiger partial charge in [-0.1, -0.05) is 5.21 Å². The Bertz CT molecular complexity index is 255. The van der Waals surface area contributed by atoms with Crippen molar-refractivity contribution < 1.29 is 4.74 Å². The first-order valence-corrected chi connectivity index (χ1v) is 4.62. The number of ether oxygens (including phenoxy) is 1. The highest BCUT2D eigenvalue weighted by atomic mass is 16.5. The molecule has 0 atom stereocenters. The van der Waals surface area contributed by atoms with Gasteiger partial charge in [-0.15, -0.1) is 5.10 Å². The Balaban J connectivity index is 2.60. The van der Waals surface area contributed by atoms with E-state index in [4.69, 9.17) is 4.74 Å². The van der Waals surface area contributed by atoms with Crippen LogP contribution in [-0.4, -0.2) is 21.1 Å². The molecule has 1 rings (SSSR count). The molecule has 0 aromatic carbocycles. The molecule has 0 aliphatic carbocycles. The van der Waals surface area contributed by atoms with E-state index in [0.29, 0.717) is 12.6 Å². The first-order chi connectivity index (χ1) is 6.11. The molecule has 0 fully saturated rings. The number of rotatable bonds is 4. The highest BCUT2D eigenvalue weighted by molar-refractivity contribution is 4.92. The van der Waals surface area contributed by atoms with Gasteiger partial charge in [0.25, 0.3) is 0 Å². The standard InChI is InChI=1S/C9H17N3O/c1-7(2)12-9(5-10-11-12)6-13-8(3)4/h5,7-8H,6H2,1-4H3. The molecule has 4 heteroatoms. The summed E-state index contributed by atoms with van der Waals surface area (Å²) in [4.78, 5) is 0. The molecule has 0 aliphatic rings. The quantitative estimate of drug-likeness (QED) is 0.714. The Morgan fingerprint density at radius 3 is 2.62 bits per heavy atom. The van der Waals surface area contributed by atoms with Crippen LogP contribution < -0.4 is 0 Å². The Kier molecular flexibility index (Phi) is 3.42. The van der Waals surface area contributed by atoms with E-state index in [0.717, 1.165) is 5.69 Å². The summed E-state index contributed by atoms with van der Waals surface area (Å²) < 4.78 is 7.35. The van der Waals surface area contributed by atoms with E-state index < -0.39 is 0 Å². The second-order valence-corrected chi connectivity index (χ2v) is 3.62. The maximum atomic E-state index is 5.48. The third-order valence-corrected chi connectivity index (χ3v) is 1.70. The third kappa shape index (κ3) is 2.81. The molecule has 0 N–H and O–H groups in total. The highest BCUT2D eigenvalue weighted by Crippen LogP contribution is 2.08. The molecule has 0 spiro atoms. The third-order valence-electron chi connectivity index (χ3n) is 1.70. The maximum absolute atomic E-state index is 5.48. The lowest BCUT2D eigenvalue weighted by Crippen LogP contribution is -2.11. The summed E-state index contributed by atoms with van der Waals surface area (Å²) in [6.07, 6.45) is 2.00. The minimum atomic E-state index is 0.246. The van der Waals surface area contributed by atoms with Gasteiger partial charge >= 0.3 is 0 Å². The number of nitrogens with zero attached hydrogens (tertiary/aromatic N) is 3. The van der Waals surface area contributed by atoms with E-state index in [9.17, 15) is 0 Å². The van der Waals surface area contributed by atoms with Crippen molar-refractivity contribution in [2.24, 2.45) is 0 Å². The predicted octanol–water partition coefficient (Wildman–Crippen LogP) is 1.78. The molecule has 0 amide bonds. The summed E-state index contributed by atoms with van der Waals surface area (Å²) in [6.45, 7) is 8.77. The maximum Gasteiger partial charge on any atom is 0.0904 e. The van der Waals surface area contributed by atoms with Crippen molar-refractivity contribution in [1.29, 1.82) is 0 Å². The highest BCUT2D eigenvalue weighted by Gasteiger charge is 2.07. The lowest BCUT2D eigenvalue weighted by atomic mass is 10.3. The van der Waals surface area contributed by atoms with Crippen LogP contribution in [0.1, 0.15) is 39.4 Å². The fraction of sp³-hybridized carbons (Fsp3) is 0.778. The molecule has 0 aliphatic heterocycles. The van der Waals surface area contributed by atoms with Crippen LogP contribution in [0.25, 0.3) is 0 Å². The SMILES string of the molecule is CC(C)OCc1cnnn1C(C)C. The van der Waals surface area contributed by atoms with E-state index in [1.54, 1.807) is 6.20 Å². The normalized spacial score (nSPS) is 11.5. The minimum Gasteiger partial charge on any atom is -0.372 e. The van der Waals surface area contributed by atoms with Crippen LogP contribution >= 0.6 is 0 Å². The molecular formula is C9H17N3O. The van der Waals surface area contributed by atoms with Gasteiger partial charge in [0, 0.05) is 6.04 Å². The Hall–Kier alpha value is -0.900. The van der Waals surface area contributed by atoms with Crippen LogP contribution in [0.2, 0.25) is 0 Å². The molecule has 1 aromatic heterocycles. The monoisotopic (exact) mass is 183 g/mol. The molecule has 13 heavy (non-hydrogen) atoms. The molecule has 0 bridgehead atoms. The number of aromatic nitrogens is 3. The Morgan fingerprint density at radius 1 is 1.38 bits per heavy atom. The summed E-state index contributed by atoms with van der Waals surface area (Å²) in [7, 11) is 0. The van der Waals surface area contributed by atoms with Crippen molar-refractivity contribution in [2.75, 3.05) is 0 Å². The van der Waals surface area contributed by atoms with Crippen LogP contribution in [0.4, 0.5) is 0 Å². The summed E-state index contributed by atoms with van der Waals surface area (Å²) in [6, 6.07) is 0.341. The van der Waals surface area contributed by atoms with Gasteiger partial charge in [-0.05, 0) is 27.7 Å². The second-order valence-electron chi connectivity index (χ2n) is 3.62. The number of hydrogen-bond acceptors (Lipinski definition) is 3. The largest absolute Gasteiger partial charge is 0.372 e. The zero-order valence-corrected chi connectivity index (χ0v) is 8.69. The van der Waals surface area contributed by atoms with Crippen LogP contribution in [0.3, 0.4) is 0 Å². The van der Waals surface area contributed by atoms with Gasteiger partial charge < -0.3 is 4.74 Å². The molecule has 4 nitrogen and oxygen atoms in total. The zero-order valence-electron chi connectivity index (χ0n) is 8.69. The first-order valence-electron chi connectivity index (χ1n) is 4.62. The van der Waals surface area contributed by atoms with Gasteiger partial charge in [0.05, 0.1) is 24.6 Å². The van der Waals surface area contributed by atoms with Crippen LogP contribution in [0.15, 0.2) is 6.20 Å². The van der Waals surface area contributed by atoms with Crippen molar-refractivity contribution in [2.45, 2.75) is 46.4 Å². The fourth-order valence-corrected chi connectivity index (χ4v) is 1.06. The zero-order chi connectivity index (χ0) is 9.84. The minimum absolute atomic E-state index is 0.246. The van der Waals surface area contributed by atoms with Gasteiger partial charge in [-0.3, -0.25) is 0 Å². The van der Waals surface area contributed by atoms with Gasteiger partial charge in [-0.25, -0.2) is 4.68 Å². The molecule has 1 heterocycles. The molecule has 0 saturated carbocycles. The molecule has 0 radical (unpaired) electrons. The number of hydrogen-bond donors (Lipinski definition) is 0. The van der Waals surface area contributed by atoms with Crippen molar-refractivity contribution in [1.82, 2.24) is 15.0 Å². The predicted molar refractivity (Wildman–Crippen MR) is 50.3 cm³/mol. The molecular weight excluding hydrogens is 166 g/mol. The molecule has 0 saturated heterocycles. The van der Waals surface area contributed by atoms with E-state index >= 15 is 0 Å². The molecule has 74 valence electrons. The summed E-state index contributed by atoms with van der Waals surface area (Å²) in [5.41, 5.74) is 1.03. The summed E-state index contributed by atoms with van der Waals surface area (Å²) in [5, 5.41) is 7.83. The summed E-state index contributed by atoms with van der Waals surface area (Å²) >= 11 is 0. The van der Waals surface area contributed by atoms with Gasteiger partial charge in [-0.2, -0.15) is 0 Å². The van der Waals surface area contributed by atoms with Crippen LogP contribution in [0, 0.1) is 0 Å². The summed E-state index contributed by atoms with van der Waals surface area (Å²) in [5.74, 6) is 0. The lowest BCUT2D eigenvalue weighted by molar-refractivity contribution is 0.0605. The van der Waals surface area contributed by atoms with E-state index in [2.05, 4.69) is 24.2 Å². The van der Waals surface area contributed by atoms with E-state index in [-0.39, 0.29) is 6.10 Å². The average Bonchev–Trinajstić information content (AvgIpc) is 2.47. The van der Waals surface area contributed by atoms with E-state index in [1.807, 2.05) is 18.5 Å². The second kappa shape index (κ2) is 4.37. The van der Waals surface area contributed by atoms with Crippen molar-refractivity contribution in [3.05, 3.63) is 11.9 Å². The topological polar surface area (TPSA) is 39.9 Å². The van der Waals surface area contributed by atoms with Gasteiger partial charge in [0.2, 0.25) is 0 Å².